The summed E-state index contributed by atoms with van der Waals surface area (Å²) in [6.07, 6.45) is 41.8. The third kappa shape index (κ3) is 54.8. The average Bonchev–Trinajstić information content (AvgIpc) is 0.782. The third-order valence-electron chi connectivity index (χ3n) is 20.1. The summed E-state index contributed by atoms with van der Waals surface area (Å²) in [5.74, 6) is -5.39. The van der Waals surface area contributed by atoms with E-state index in [4.69, 9.17) is 32.9 Å². The van der Waals surface area contributed by atoms with Gasteiger partial charge >= 0.3 is 31.7 Å². The summed E-state index contributed by atoms with van der Waals surface area (Å²) in [6, 6.07) is -3.04. The number of phosphoric ester groups is 1. The van der Waals surface area contributed by atoms with Crippen LogP contribution in [0.4, 0.5) is 0 Å². The van der Waals surface area contributed by atoms with Crippen LogP contribution in [0.3, 0.4) is 0 Å². The number of methoxy groups -OCH3 is 1. The highest BCUT2D eigenvalue weighted by molar-refractivity contribution is 7.46. The molecule has 22 heteroatoms. The van der Waals surface area contributed by atoms with E-state index in [1.807, 2.05) is 0 Å². The zero-order valence-electron chi connectivity index (χ0n) is 66.8. The molecular weight excluding hydrogens is 1350 g/mol. The molecular formula is C82H154N3O18P. The summed E-state index contributed by atoms with van der Waals surface area (Å²) in [5, 5.41) is 19.5. The highest BCUT2D eigenvalue weighted by Crippen LogP contribution is 2.43. The number of carbonyl (C=O) groups is 7. The molecule has 1 saturated heterocycles. The molecule has 104 heavy (non-hydrogen) atoms. The molecule has 6 N–H and O–H groups in total. The minimum absolute atomic E-state index is 0.166. The van der Waals surface area contributed by atoms with Crippen LogP contribution in [-0.2, 0) is 71.1 Å². The zero-order chi connectivity index (χ0) is 76.5. The predicted octanol–water partition coefficient (Wildman–Crippen LogP) is 18.8. The van der Waals surface area contributed by atoms with Crippen LogP contribution in [0, 0.1) is 5.92 Å². The third-order valence-corrected chi connectivity index (χ3v) is 20.6. The van der Waals surface area contributed by atoms with Crippen molar-refractivity contribution < 1.29 is 86.0 Å². The van der Waals surface area contributed by atoms with Crippen LogP contribution in [0.2, 0.25) is 0 Å². The van der Waals surface area contributed by atoms with Gasteiger partial charge in [-0.3, -0.25) is 33.3 Å². The first-order valence-corrected chi connectivity index (χ1v) is 44.0. The SMILES string of the molecule is CCCCCCCCCCC[C@H](CC(=O)NCC1C(NC(=O)C[C@@H](CCCCCCCCCCC)OC(=O)CCCCCCCCC)[C@H](OP(=O)(O)O)C(CO)O[C@H]1OC[C@H](NC(=O)C[C@@H](CCCCCCCCCC)OC(=O)CCCCCCCCC)C(=O)OC)OC(=O)CCCCCCCCC. The maximum atomic E-state index is 14.8. The van der Waals surface area contributed by atoms with Gasteiger partial charge in [-0.1, -0.05) is 305 Å². The van der Waals surface area contributed by atoms with E-state index in [1.165, 1.54) is 64.2 Å². The van der Waals surface area contributed by atoms with Crippen molar-refractivity contribution >= 4 is 49.4 Å². The molecule has 1 aliphatic rings. The standard InChI is InChI=1S/C82H154N3O18P/c1-8-14-20-26-32-35-41-44-49-55-67(99-76(90)58-52-46-37-29-23-17-11-4)61-73(87)83-64-70-79(85-75(89)63-69(57-51-45-42-36-33-27-21-15-9-2)101-78(92)60-54-48-39-31-25-19-13-6)80(103-104(94,95)96)72(65-86)102-82(70)98-66-71(81(93)97-7)84-74(88)62-68(56-50-43-40-34-28-22-16-10-3)100-77(91)59-53-47-38-30-24-18-12-5/h67-72,79-80,82,86H,8-66H2,1-7H3,(H,83,87)(H,84,88)(H,85,89)(H2,94,95,96)/t67-,68-,69-,70?,71+,72?,79?,80-,82-/m1/s1. The van der Waals surface area contributed by atoms with Crippen LogP contribution < -0.4 is 16.0 Å². The van der Waals surface area contributed by atoms with E-state index < -0.39 is 124 Å². The topological polar surface area (TPSA) is 298 Å². The van der Waals surface area contributed by atoms with E-state index in [0.717, 1.165) is 206 Å². The Bertz CT molecular complexity index is 2190. The molecule has 1 aliphatic heterocycles. The maximum absolute atomic E-state index is 14.8. The van der Waals surface area contributed by atoms with Crippen molar-refractivity contribution in [3.63, 3.8) is 0 Å². The Kier molecular flexibility index (Phi) is 63.7. The highest BCUT2D eigenvalue weighted by Gasteiger charge is 2.50. The number of esters is 4. The van der Waals surface area contributed by atoms with E-state index >= 15 is 0 Å². The van der Waals surface area contributed by atoms with E-state index in [0.29, 0.717) is 57.8 Å². The maximum Gasteiger partial charge on any atom is 0.470 e. The van der Waals surface area contributed by atoms with Gasteiger partial charge in [0.25, 0.3) is 0 Å². The van der Waals surface area contributed by atoms with Crippen molar-refractivity contribution in [3.8, 4) is 0 Å². The molecule has 3 unspecified atom stereocenters. The molecule has 610 valence electrons. The second-order valence-electron chi connectivity index (χ2n) is 29.9. The Balaban J connectivity index is 3.85. The molecule has 3 amide bonds. The molecule has 0 radical (unpaired) electrons. The van der Waals surface area contributed by atoms with Crippen LogP contribution in [0.5, 0.6) is 0 Å². The molecule has 9 atom stereocenters. The number of nitrogens with one attached hydrogen (secondary N) is 3. The molecule has 0 spiro atoms. The van der Waals surface area contributed by atoms with E-state index in [-0.39, 0.29) is 38.5 Å². The number of aliphatic hydroxyl groups is 1. The normalized spacial score (nSPS) is 17.2. The second-order valence-corrected chi connectivity index (χ2v) is 31.1. The van der Waals surface area contributed by atoms with Crippen molar-refractivity contribution in [2.45, 2.75) is 450 Å². The lowest BCUT2D eigenvalue weighted by Gasteiger charge is -2.46. The Morgan fingerprint density at radius 1 is 0.423 bits per heavy atom. The fourth-order valence-corrected chi connectivity index (χ4v) is 14.4. The first kappa shape index (κ1) is 98.3. The number of hydrogen-bond acceptors (Lipinski definition) is 16. The van der Waals surface area contributed by atoms with Gasteiger partial charge < -0.3 is 59.3 Å². The molecule has 0 aromatic carbocycles. The lowest BCUT2D eigenvalue weighted by atomic mass is 9.87. The number of aliphatic hydroxyl groups excluding tert-OH is 1. The quantitative estimate of drug-likeness (QED) is 0.0143. The lowest BCUT2D eigenvalue weighted by molar-refractivity contribution is -0.261. The lowest BCUT2D eigenvalue weighted by Crippen LogP contribution is -2.65. The average molecular weight is 1500 g/mol. The molecule has 0 saturated carbocycles. The summed E-state index contributed by atoms with van der Waals surface area (Å²) in [4.78, 5) is 119. The Hall–Kier alpha value is -3.72. The zero-order valence-corrected chi connectivity index (χ0v) is 67.7. The second kappa shape index (κ2) is 67.4. The summed E-state index contributed by atoms with van der Waals surface area (Å²) >= 11 is 0. The van der Waals surface area contributed by atoms with Crippen LogP contribution in [0.25, 0.3) is 0 Å². The summed E-state index contributed by atoms with van der Waals surface area (Å²) in [7, 11) is -4.33. The number of unbranched alkanes of at least 4 members (excludes halogenated alkanes) is 41. The molecule has 1 heterocycles. The van der Waals surface area contributed by atoms with Crippen molar-refractivity contribution in [3.05, 3.63) is 0 Å². The number of amides is 3. The van der Waals surface area contributed by atoms with E-state index in [9.17, 15) is 53.0 Å². The number of phosphoric acid groups is 1. The molecule has 1 fully saturated rings. The van der Waals surface area contributed by atoms with Crippen molar-refractivity contribution in [2.75, 3.05) is 26.9 Å². The summed E-state index contributed by atoms with van der Waals surface area (Å²) in [6.45, 7) is 11.0. The van der Waals surface area contributed by atoms with Gasteiger partial charge in [0, 0.05) is 25.8 Å². The van der Waals surface area contributed by atoms with Crippen molar-refractivity contribution in [1.82, 2.24) is 16.0 Å². The number of ether oxygens (including phenoxy) is 6. The van der Waals surface area contributed by atoms with Crippen LogP contribution in [0.15, 0.2) is 0 Å². The van der Waals surface area contributed by atoms with Crippen molar-refractivity contribution in [2.24, 2.45) is 5.92 Å². The Morgan fingerprint density at radius 2 is 0.731 bits per heavy atom. The van der Waals surface area contributed by atoms with Gasteiger partial charge in [-0.25, -0.2) is 9.36 Å². The van der Waals surface area contributed by atoms with Gasteiger partial charge in [-0.05, 0) is 57.8 Å². The Morgan fingerprint density at radius 3 is 1.05 bits per heavy atom. The molecule has 0 aromatic heterocycles. The molecule has 0 bridgehead atoms. The van der Waals surface area contributed by atoms with Gasteiger partial charge in [0.15, 0.2) is 12.3 Å². The Labute approximate surface area is 631 Å². The predicted molar refractivity (Wildman–Crippen MR) is 413 cm³/mol. The first-order valence-electron chi connectivity index (χ1n) is 42.5. The van der Waals surface area contributed by atoms with Gasteiger partial charge in [-0.15, -0.1) is 0 Å². The fraction of sp³-hybridized carbons (Fsp3) is 0.915. The monoisotopic (exact) mass is 1500 g/mol. The number of rotatable bonds is 73. The summed E-state index contributed by atoms with van der Waals surface area (Å²) in [5.41, 5.74) is 0. The summed E-state index contributed by atoms with van der Waals surface area (Å²) < 4.78 is 54.5. The van der Waals surface area contributed by atoms with Crippen molar-refractivity contribution in [1.29, 1.82) is 0 Å². The van der Waals surface area contributed by atoms with Gasteiger partial charge in [0.2, 0.25) is 17.7 Å². The fourth-order valence-electron chi connectivity index (χ4n) is 13.8. The number of carbonyl (C=O) groups excluding carboxylic acids is 7. The molecule has 0 aliphatic carbocycles. The van der Waals surface area contributed by atoms with Crippen LogP contribution >= 0.6 is 7.82 Å². The van der Waals surface area contributed by atoms with Crippen LogP contribution in [-0.4, -0.2) is 132 Å². The van der Waals surface area contributed by atoms with Gasteiger partial charge in [-0.2, -0.15) is 0 Å². The van der Waals surface area contributed by atoms with Gasteiger partial charge in [0.05, 0.1) is 51.5 Å². The minimum Gasteiger partial charge on any atom is -0.467 e. The van der Waals surface area contributed by atoms with E-state index in [2.05, 4.69) is 57.5 Å². The highest BCUT2D eigenvalue weighted by atomic mass is 31.2. The largest absolute Gasteiger partial charge is 0.470 e. The van der Waals surface area contributed by atoms with Gasteiger partial charge in [0.1, 0.15) is 30.5 Å². The number of hydrogen-bond donors (Lipinski definition) is 6. The minimum atomic E-state index is -5.47. The molecule has 1 rings (SSSR count). The smallest absolute Gasteiger partial charge is 0.467 e. The molecule has 0 aromatic rings. The van der Waals surface area contributed by atoms with Crippen LogP contribution in [0.1, 0.15) is 401 Å². The van der Waals surface area contributed by atoms with E-state index in [1.54, 1.807) is 0 Å². The first-order chi connectivity index (χ1) is 50.4. The molecule has 21 nitrogen and oxygen atoms in total.